The molecule has 0 saturated heterocycles. The summed E-state index contributed by atoms with van der Waals surface area (Å²) >= 11 is 5.78. The zero-order chi connectivity index (χ0) is 13.5. The minimum Gasteiger partial charge on any atom is -0.364 e. The molecule has 2 heterocycles. The summed E-state index contributed by atoms with van der Waals surface area (Å²) in [7, 11) is 0. The van der Waals surface area contributed by atoms with Crippen molar-refractivity contribution in [2.45, 2.75) is 26.3 Å². The lowest BCUT2D eigenvalue weighted by molar-refractivity contribution is 0.955. The Labute approximate surface area is 117 Å². The highest BCUT2D eigenvalue weighted by atomic mass is 35.5. The van der Waals surface area contributed by atoms with Crippen LogP contribution >= 0.6 is 11.6 Å². The van der Waals surface area contributed by atoms with E-state index >= 15 is 0 Å². The summed E-state index contributed by atoms with van der Waals surface area (Å²) in [4.78, 5) is 12.2. The second kappa shape index (κ2) is 6.89. The molecule has 0 bridgehead atoms. The predicted molar refractivity (Wildman–Crippen MR) is 76.8 cm³/mol. The van der Waals surface area contributed by atoms with Gasteiger partial charge in [-0.25, -0.2) is 15.0 Å². The Balaban J connectivity index is 1.90. The molecule has 0 fully saturated rings. The zero-order valence-electron chi connectivity index (χ0n) is 10.8. The van der Waals surface area contributed by atoms with Gasteiger partial charge in [0.2, 0.25) is 0 Å². The summed E-state index contributed by atoms with van der Waals surface area (Å²) in [5, 5.41) is 3.57. The van der Waals surface area contributed by atoms with Gasteiger partial charge in [-0.05, 0) is 6.42 Å². The number of nitrogens with zero attached hydrogens (tertiary/aromatic N) is 4. The molecule has 6 heteroatoms. The van der Waals surface area contributed by atoms with Gasteiger partial charge in [-0.1, -0.05) is 31.0 Å². The Hall–Kier alpha value is -1.88. The number of rotatable bonds is 6. The van der Waals surface area contributed by atoms with Crippen molar-refractivity contribution in [2.24, 2.45) is 0 Å². The Bertz CT molecular complexity index is 549. The van der Waals surface area contributed by atoms with Crippen LogP contribution in [-0.4, -0.2) is 19.5 Å². The summed E-state index contributed by atoms with van der Waals surface area (Å²) in [6.45, 7) is 2.75. The minimum absolute atomic E-state index is 0.422. The number of anilines is 1. The van der Waals surface area contributed by atoms with Crippen LogP contribution in [0.4, 0.5) is 5.82 Å². The van der Waals surface area contributed by atoms with Gasteiger partial charge in [-0.3, -0.25) is 0 Å². The highest BCUT2D eigenvalue weighted by Crippen LogP contribution is 2.09. The fourth-order valence-corrected chi connectivity index (χ4v) is 1.67. The van der Waals surface area contributed by atoms with Gasteiger partial charge in [0.25, 0.3) is 0 Å². The number of allylic oxidation sites excluding steroid dienone is 1. The van der Waals surface area contributed by atoms with Crippen LogP contribution in [0.5, 0.6) is 0 Å². The number of imidazole rings is 1. The third-order valence-electron chi connectivity index (χ3n) is 2.47. The van der Waals surface area contributed by atoms with Gasteiger partial charge in [0.1, 0.15) is 17.3 Å². The third kappa shape index (κ3) is 4.37. The molecule has 1 N–H and O–H groups in total. The third-order valence-corrected chi connectivity index (χ3v) is 2.68. The van der Waals surface area contributed by atoms with Crippen molar-refractivity contribution < 1.29 is 0 Å². The van der Waals surface area contributed by atoms with E-state index in [2.05, 4.69) is 33.3 Å². The Morgan fingerprint density at radius 2 is 2.26 bits per heavy atom. The SMILES string of the molecule is CCC/C=C/n1cnc(CNc2cc(Cl)ncn2)c1. The molecule has 0 amide bonds. The van der Waals surface area contributed by atoms with Gasteiger partial charge in [-0.15, -0.1) is 0 Å². The van der Waals surface area contributed by atoms with E-state index in [1.54, 1.807) is 12.4 Å². The predicted octanol–water partition coefficient (Wildman–Crippen LogP) is 3.21. The molecule has 0 aliphatic carbocycles. The number of halogens is 1. The first-order valence-corrected chi connectivity index (χ1v) is 6.56. The average molecular weight is 278 g/mol. The fraction of sp³-hybridized carbons (Fsp3) is 0.308. The summed E-state index contributed by atoms with van der Waals surface area (Å²) in [6, 6.07) is 1.68. The largest absolute Gasteiger partial charge is 0.364 e. The summed E-state index contributed by atoms with van der Waals surface area (Å²) < 4.78 is 1.94. The molecular weight excluding hydrogens is 262 g/mol. The van der Waals surface area contributed by atoms with E-state index in [9.17, 15) is 0 Å². The van der Waals surface area contributed by atoms with Crippen LogP contribution < -0.4 is 5.32 Å². The Morgan fingerprint density at radius 3 is 3.05 bits per heavy atom. The first-order chi connectivity index (χ1) is 9.28. The summed E-state index contributed by atoms with van der Waals surface area (Å²) in [5.41, 5.74) is 0.941. The highest BCUT2D eigenvalue weighted by Gasteiger charge is 1.99. The van der Waals surface area contributed by atoms with Gasteiger partial charge >= 0.3 is 0 Å². The lowest BCUT2D eigenvalue weighted by Crippen LogP contribution is -2.01. The standard InChI is InChI=1S/C13H16ClN5/c1-2-3-4-5-19-8-11(18-10-19)7-15-13-6-12(14)16-9-17-13/h4-6,8-10H,2-3,7H2,1H3,(H,15,16,17)/b5-4+. The second-order valence-electron chi connectivity index (χ2n) is 4.07. The minimum atomic E-state index is 0.422. The number of nitrogens with one attached hydrogen (secondary N) is 1. The maximum Gasteiger partial charge on any atom is 0.134 e. The van der Waals surface area contributed by atoms with Crippen molar-refractivity contribution in [1.29, 1.82) is 0 Å². The molecule has 0 unspecified atom stereocenters. The van der Waals surface area contributed by atoms with Crippen LogP contribution in [-0.2, 0) is 6.54 Å². The van der Waals surface area contributed by atoms with E-state index < -0.39 is 0 Å². The molecule has 0 aliphatic rings. The van der Waals surface area contributed by atoms with E-state index in [1.807, 2.05) is 17.0 Å². The molecule has 0 saturated carbocycles. The van der Waals surface area contributed by atoms with Crippen LogP contribution in [0.15, 0.2) is 31.0 Å². The molecule has 2 aromatic heterocycles. The monoisotopic (exact) mass is 277 g/mol. The van der Waals surface area contributed by atoms with E-state index in [0.717, 1.165) is 18.5 Å². The maximum atomic E-state index is 5.78. The van der Waals surface area contributed by atoms with Crippen LogP contribution in [0, 0.1) is 0 Å². The number of aromatic nitrogens is 4. The van der Waals surface area contributed by atoms with E-state index in [4.69, 9.17) is 11.6 Å². The lowest BCUT2D eigenvalue weighted by Gasteiger charge is -2.02. The van der Waals surface area contributed by atoms with Gasteiger partial charge in [-0.2, -0.15) is 0 Å². The Kier molecular flexibility index (Phi) is 4.92. The molecule has 0 aromatic carbocycles. The van der Waals surface area contributed by atoms with Crippen LogP contribution in [0.1, 0.15) is 25.5 Å². The molecule has 0 radical (unpaired) electrons. The first-order valence-electron chi connectivity index (χ1n) is 6.18. The molecule has 100 valence electrons. The summed E-state index contributed by atoms with van der Waals surface area (Å²) in [6.07, 6.45) is 11.6. The van der Waals surface area contributed by atoms with Crippen LogP contribution in [0.3, 0.4) is 0 Å². The van der Waals surface area contributed by atoms with E-state index in [-0.39, 0.29) is 0 Å². The molecule has 0 spiro atoms. The molecule has 5 nitrogen and oxygen atoms in total. The van der Waals surface area contributed by atoms with Gasteiger partial charge < -0.3 is 9.88 Å². The van der Waals surface area contributed by atoms with Crippen LogP contribution in [0.2, 0.25) is 5.15 Å². The van der Waals surface area contributed by atoms with Gasteiger partial charge in [0.15, 0.2) is 0 Å². The lowest BCUT2D eigenvalue weighted by atomic mass is 10.3. The van der Waals surface area contributed by atoms with Gasteiger partial charge in [0.05, 0.1) is 18.6 Å². The number of hydrogen-bond acceptors (Lipinski definition) is 4. The van der Waals surface area contributed by atoms with Crippen molar-refractivity contribution in [1.82, 2.24) is 19.5 Å². The number of unbranched alkanes of at least 4 members (excludes halogenated alkanes) is 1. The van der Waals surface area contributed by atoms with E-state index in [1.165, 1.54) is 6.33 Å². The number of hydrogen-bond donors (Lipinski definition) is 1. The van der Waals surface area contributed by atoms with Crippen molar-refractivity contribution in [3.63, 3.8) is 0 Å². The highest BCUT2D eigenvalue weighted by molar-refractivity contribution is 6.29. The molecule has 0 aliphatic heterocycles. The first kappa shape index (κ1) is 13.5. The topological polar surface area (TPSA) is 55.6 Å². The average Bonchev–Trinajstić information content (AvgIpc) is 2.85. The van der Waals surface area contributed by atoms with E-state index in [0.29, 0.717) is 17.5 Å². The summed E-state index contributed by atoms with van der Waals surface area (Å²) in [5.74, 6) is 0.691. The maximum absolute atomic E-state index is 5.78. The van der Waals surface area contributed by atoms with Crippen LogP contribution in [0.25, 0.3) is 6.20 Å². The fourth-order valence-electron chi connectivity index (χ4n) is 1.53. The molecule has 0 atom stereocenters. The van der Waals surface area contributed by atoms with Crippen molar-refractivity contribution in [3.05, 3.63) is 41.8 Å². The van der Waals surface area contributed by atoms with Gasteiger partial charge in [0, 0.05) is 18.5 Å². The van der Waals surface area contributed by atoms with Crippen molar-refractivity contribution >= 4 is 23.6 Å². The van der Waals surface area contributed by atoms with Crippen molar-refractivity contribution in [2.75, 3.05) is 5.32 Å². The van der Waals surface area contributed by atoms with Crippen molar-refractivity contribution in [3.8, 4) is 0 Å². The quantitative estimate of drug-likeness (QED) is 0.824. The second-order valence-corrected chi connectivity index (χ2v) is 4.45. The molecule has 19 heavy (non-hydrogen) atoms. The molecular formula is C13H16ClN5. The Morgan fingerprint density at radius 1 is 1.37 bits per heavy atom. The normalized spacial score (nSPS) is 11.1. The smallest absolute Gasteiger partial charge is 0.134 e. The molecule has 2 rings (SSSR count). The molecule has 2 aromatic rings. The zero-order valence-corrected chi connectivity index (χ0v) is 11.5.